The van der Waals surface area contributed by atoms with Gasteiger partial charge in [-0.05, 0) is 83.9 Å². The van der Waals surface area contributed by atoms with Gasteiger partial charge in [0.1, 0.15) is 11.5 Å². The van der Waals surface area contributed by atoms with Crippen molar-refractivity contribution in [3.8, 4) is 11.5 Å². The Kier molecular flexibility index (Phi) is 8.14. The van der Waals surface area contributed by atoms with Crippen molar-refractivity contribution in [3.63, 3.8) is 0 Å². The Bertz CT molecular complexity index is 964. The van der Waals surface area contributed by atoms with Crippen LogP contribution in [0.5, 0.6) is 11.5 Å². The van der Waals surface area contributed by atoms with E-state index in [0.29, 0.717) is 29.0 Å². The molecule has 2 aromatic rings. The molecule has 1 saturated heterocycles. The number of para-hydroxylation sites is 1. The summed E-state index contributed by atoms with van der Waals surface area (Å²) >= 11 is 12.3. The van der Waals surface area contributed by atoms with Gasteiger partial charge < -0.3 is 25.0 Å². The molecule has 0 aromatic heterocycles. The highest BCUT2D eigenvalue weighted by molar-refractivity contribution is 7.80. The van der Waals surface area contributed by atoms with Gasteiger partial charge in [0.05, 0.1) is 19.4 Å². The normalized spacial score (nSPS) is 17.3. The molecular weight excluding hydrogens is 454 g/mol. The molecule has 0 saturated carbocycles. The predicted octanol–water partition coefficient (Wildman–Crippen LogP) is 6.26. The molecule has 0 amide bonds. The second-order valence-corrected chi connectivity index (χ2v) is 10.7. The number of halogens is 1. The third-order valence-corrected chi connectivity index (χ3v) is 6.46. The van der Waals surface area contributed by atoms with E-state index in [9.17, 15) is 0 Å². The van der Waals surface area contributed by atoms with Crippen LogP contribution in [-0.2, 0) is 6.54 Å². The first-order valence-corrected chi connectivity index (χ1v) is 12.2. The lowest BCUT2D eigenvalue weighted by Crippen LogP contribution is -2.63. The molecular formula is C26H36ClN3O2S. The zero-order valence-electron chi connectivity index (χ0n) is 20.5. The van der Waals surface area contributed by atoms with Gasteiger partial charge in [0.15, 0.2) is 5.11 Å². The van der Waals surface area contributed by atoms with Gasteiger partial charge in [-0.1, -0.05) is 29.8 Å². The highest BCUT2D eigenvalue weighted by Crippen LogP contribution is 2.35. The van der Waals surface area contributed by atoms with Crippen LogP contribution in [0.4, 0.5) is 5.69 Å². The fourth-order valence-electron chi connectivity index (χ4n) is 4.93. The van der Waals surface area contributed by atoms with Crippen molar-refractivity contribution < 1.29 is 9.47 Å². The minimum Gasteiger partial charge on any atom is -0.495 e. The van der Waals surface area contributed by atoms with Gasteiger partial charge in [-0.3, -0.25) is 0 Å². The Morgan fingerprint density at radius 1 is 1.12 bits per heavy atom. The lowest BCUT2D eigenvalue weighted by molar-refractivity contribution is 0.101. The number of hydrogen-bond acceptors (Lipinski definition) is 4. The maximum Gasteiger partial charge on any atom is 0.174 e. The Hall–Kier alpha value is -2.02. The number of nitrogens with zero attached hydrogens (tertiary/aromatic N) is 1. The van der Waals surface area contributed by atoms with E-state index in [-0.39, 0.29) is 17.1 Å². The molecule has 180 valence electrons. The molecule has 2 aromatic carbocycles. The van der Waals surface area contributed by atoms with E-state index in [1.807, 2.05) is 43.3 Å². The topological polar surface area (TPSA) is 45.8 Å². The number of benzene rings is 2. The Balaban J connectivity index is 1.96. The lowest BCUT2D eigenvalue weighted by atomic mass is 9.79. The van der Waals surface area contributed by atoms with Crippen LogP contribution in [0.3, 0.4) is 0 Å². The van der Waals surface area contributed by atoms with Crippen molar-refractivity contribution in [2.45, 2.75) is 71.1 Å². The molecule has 0 atom stereocenters. The number of methoxy groups -OCH3 is 1. The summed E-state index contributed by atoms with van der Waals surface area (Å²) in [5.74, 6) is 1.59. The van der Waals surface area contributed by atoms with Crippen molar-refractivity contribution in [2.75, 3.05) is 19.0 Å². The summed E-state index contributed by atoms with van der Waals surface area (Å²) in [6.07, 6.45) is 1.92. The Morgan fingerprint density at radius 2 is 1.79 bits per heavy atom. The first kappa shape index (κ1) is 25.6. The third kappa shape index (κ3) is 6.75. The minimum absolute atomic E-state index is 0.0204. The van der Waals surface area contributed by atoms with Gasteiger partial charge >= 0.3 is 0 Å². The van der Waals surface area contributed by atoms with Crippen LogP contribution in [0.2, 0.25) is 5.02 Å². The van der Waals surface area contributed by atoms with Crippen molar-refractivity contribution >= 4 is 34.6 Å². The molecule has 5 nitrogen and oxygen atoms in total. The Labute approximate surface area is 208 Å². The SMILES string of the molecule is CCOc1ccccc1CN(C(=S)Nc1cc(Cl)ccc1OC)C1CC(C)(C)NC(C)(C)C1. The number of ether oxygens (including phenoxy) is 2. The standard InChI is InChI=1S/C26H36ClN3O2S/c1-7-32-22-11-9-8-10-18(22)17-30(20-15-25(2,3)29-26(4,5)16-20)24(33)28-21-14-19(27)12-13-23(21)31-6/h8-14,20,29H,7,15-17H2,1-6H3,(H,28,33). The van der Waals surface area contributed by atoms with Crippen LogP contribution >= 0.6 is 23.8 Å². The first-order chi connectivity index (χ1) is 15.5. The van der Waals surface area contributed by atoms with Gasteiger partial charge in [-0.2, -0.15) is 0 Å². The predicted molar refractivity (Wildman–Crippen MR) is 142 cm³/mol. The van der Waals surface area contributed by atoms with E-state index < -0.39 is 0 Å². The van der Waals surface area contributed by atoms with Crippen LogP contribution in [-0.4, -0.2) is 40.8 Å². The smallest absolute Gasteiger partial charge is 0.174 e. The molecule has 33 heavy (non-hydrogen) atoms. The van der Waals surface area contributed by atoms with Gasteiger partial charge in [-0.15, -0.1) is 0 Å². The maximum absolute atomic E-state index is 6.27. The van der Waals surface area contributed by atoms with Crippen molar-refractivity contribution in [1.82, 2.24) is 10.2 Å². The second-order valence-electron chi connectivity index (χ2n) is 9.90. The summed E-state index contributed by atoms with van der Waals surface area (Å²) < 4.78 is 11.4. The second kappa shape index (κ2) is 10.5. The molecule has 3 rings (SSSR count). The van der Waals surface area contributed by atoms with E-state index in [4.69, 9.17) is 33.3 Å². The minimum atomic E-state index is -0.0204. The van der Waals surface area contributed by atoms with Crippen LogP contribution in [0.1, 0.15) is 53.0 Å². The molecule has 1 aliphatic rings. The zero-order valence-corrected chi connectivity index (χ0v) is 22.1. The number of hydrogen-bond donors (Lipinski definition) is 2. The van der Waals surface area contributed by atoms with Gasteiger partial charge in [0.25, 0.3) is 0 Å². The molecule has 1 aliphatic heterocycles. The molecule has 0 spiro atoms. The van der Waals surface area contributed by atoms with Gasteiger partial charge in [0.2, 0.25) is 0 Å². The fourth-order valence-corrected chi connectivity index (χ4v) is 5.43. The molecule has 2 N–H and O–H groups in total. The Morgan fingerprint density at radius 3 is 2.42 bits per heavy atom. The molecule has 1 fully saturated rings. The van der Waals surface area contributed by atoms with E-state index in [0.717, 1.165) is 29.8 Å². The summed E-state index contributed by atoms with van der Waals surface area (Å²) in [6.45, 7) is 12.3. The highest BCUT2D eigenvalue weighted by atomic mass is 35.5. The van der Waals surface area contributed by atoms with Crippen LogP contribution < -0.4 is 20.1 Å². The van der Waals surface area contributed by atoms with Crippen molar-refractivity contribution in [3.05, 3.63) is 53.1 Å². The summed E-state index contributed by atoms with van der Waals surface area (Å²) in [5, 5.41) is 8.45. The first-order valence-electron chi connectivity index (χ1n) is 11.4. The number of rotatable bonds is 7. The highest BCUT2D eigenvalue weighted by Gasteiger charge is 2.40. The van der Waals surface area contributed by atoms with Crippen LogP contribution in [0.25, 0.3) is 0 Å². The summed E-state index contributed by atoms with van der Waals surface area (Å²) in [6, 6.07) is 13.9. The van der Waals surface area contributed by atoms with E-state index in [2.05, 4.69) is 49.3 Å². The summed E-state index contributed by atoms with van der Waals surface area (Å²) in [7, 11) is 1.64. The summed E-state index contributed by atoms with van der Waals surface area (Å²) in [5.41, 5.74) is 1.82. The van der Waals surface area contributed by atoms with E-state index in [1.54, 1.807) is 7.11 Å². The van der Waals surface area contributed by atoms with E-state index >= 15 is 0 Å². The average Bonchev–Trinajstić information content (AvgIpc) is 2.71. The monoisotopic (exact) mass is 489 g/mol. The fraction of sp³-hybridized carbons (Fsp3) is 0.500. The molecule has 0 radical (unpaired) electrons. The molecule has 7 heteroatoms. The van der Waals surface area contributed by atoms with Crippen LogP contribution in [0, 0.1) is 0 Å². The number of thiocarbonyl (C=S) groups is 1. The molecule has 1 heterocycles. The molecule has 0 aliphatic carbocycles. The van der Waals surface area contributed by atoms with Gasteiger partial charge in [0, 0.05) is 34.3 Å². The number of anilines is 1. The summed E-state index contributed by atoms with van der Waals surface area (Å²) in [4.78, 5) is 2.29. The third-order valence-electron chi connectivity index (χ3n) is 5.89. The number of nitrogens with one attached hydrogen (secondary N) is 2. The average molecular weight is 490 g/mol. The maximum atomic E-state index is 6.27. The quantitative estimate of drug-likeness (QED) is 0.448. The van der Waals surface area contributed by atoms with Gasteiger partial charge in [-0.25, -0.2) is 0 Å². The number of piperidine rings is 1. The van der Waals surface area contributed by atoms with Crippen molar-refractivity contribution in [2.24, 2.45) is 0 Å². The lowest BCUT2D eigenvalue weighted by Gasteiger charge is -2.50. The largest absolute Gasteiger partial charge is 0.495 e. The zero-order chi connectivity index (χ0) is 24.2. The van der Waals surface area contributed by atoms with Crippen molar-refractivity contribution in [1.29, 1.82) is 0 Å². The van der Waals surface area contributed by atoms with Crippen LogP contribution in [0.15, 0.2) is 42.5 Å². The molecule has 0 bridgehead atoms. The molecule has 0 unspecified atom stereocenters. The van der Waals surface area contributed by atoms with E-state index in [1.165, 1.54) is 0 Å².